The third kappa shape index (κ3) is 3.71. The van der Waals surface area contributed by atoms with Crippen LogP contribution in [0.4, 0.5) is 0 Å². The van der Waals surface area contributed by atoms with E-state index in [0.29, 0.717) is 11.5 Å². The molecule has 0 amide bonds. The van der Waals surface area contributed by atoms with Gasteiger partial charge in [-0.15, -0.1) is 11.3 Å². The molecule has 0 saturated heterocycles. The summed E-state index contributed by atoms with van der Waals surface area (Å²) in [5.74, 6) is 6.19. The van der Waals surface area contributed by atoms with Crippen molar-refractivity contribution in [2.24, 2.45) is 0 Å². The summed E-state index contributed by atoms with van der Waals surface area (Å²) >= 11 is 1.38. The van der Waals surface area contributed by atoms with Crippen molar-refractivity contribution in [2.45, 2.75) is 58.3 Å². The molecule has 2 aromatic rings. The summed E-state index contributed by atoms with van der Waals surface area (Å²) in [5, 5.41) is 0. The molecule has 26 heavy (non-hydrogen) atoms. The molecule has 0 atom stereocenters. The molecule has 0 unspecified atom stereocenters. The van der Waals surface area contributed by atoms with E-state index in [-0.39, 0.29) is 16.8 Å². The molecule has 2 nitrogen and oxygen atoms in total. The van der Waals surface area contributed by atoms with Crippen LogP contribution in [0.25, 0.3) is 0 Å². The predicted molar refractivity (Wildman–Crippen MR) is 108 cm³/mol. The number of hydrogen-bond acceptors (Lipinski definition) is 3. The average molecular weight is 367 g/mol. The normalized spacial score (nSPS) is 17.0. The lowest BCUT2D eigenvalue weighted by molar-refractivity contribution is 0.0532. The largest absolute Gasteiger partial charge is 0.462 e. The molecule has 0 spiro atoms. The summed E-state index contributed by atoms with van der Waals surface area (Å²) in [6.45, 7) is 11.5. The number of carbonyl (C=O) groups excluding carboxylic acids is 1. The molecule has 0 aliphatic heterocycles. The van der Waals surface area contributed by atoms with Crippen molar-refractivity contribution in [3.63, 3.8) is 0 Å². The van der Waals surface area contributed by atoms with E-state index in [0.717, 1.165) is 10.4 Å². The first-order valence-electron chi connectivity index (χ1n) is 9.17. The Kier molecular flexibility index (Phi) is 4.99. The molecular formula is C23H26O2S. The van der Waals surface area contributed by atoms with Crippen LogP contribution in [0, 0.1) is 11.8 Å². The van der Waals surface area contributed by atoms with Gasteiger partial charge in [-0.1, -0.05) is 45.6 Å². The van der Waals surface area contributed by atoms with E-state index in [1.165, 1.54) is 35.3 Å². The van der Waals surface area contributed by atoms with Crippen LogP contribution in [0.2, 0.25) is 0 Å². The number of hydrogen-bond donors (Lipinski definition) is 0. The van der Waals surface area contributed by atoms with Gasteiger partial charge in [0.2, 0.25) is 0 Å². The van der Waals surface area contributed by atoms with Crippen LogP contribution in [0.5, 0.6) is 0 Å². The van der Waals surface area contributed by atoms with Crippen molar-refractivity contribution in [3.05, 3.63) is 56.8 Å². The van der Waals surface area contributed by atoms with Crippen LogP contribution < -0.4 is 0 Å². The topological polar surface area (TPSA) is 26.3 Å². The molecule has 1 aliphatic carbocycles. The van der Waals surface area contributed by atoms with E-state index in [9.17, 15) is 4.79 Å². The first-order valence-corrected chi connectivity index (χ1v) is 9.98. The number of rotatable bonds is 2. The zero-order valence-corrected chi connectivity index (χ0v) is 17.0. The van der Waals surface area contributed by atoms with Gasteiger partial charge in [0.15, 0.2) is 0 Å². The number of fused-ring (bicyclic) bond motifs is 1. The van der Waals surface area contributed by atoms with Gasteiger partial charge < -0.3 is 4.74 Å². The lowest BCUT2D eigenvalue weighted by Crippen LogP contribution is -2.33. The van der Waals surface area contributed by atoms with Crippen molar-refractivity contribution in [1.82, 2.24) is 0 Å². The fourth-order valence-corrected chi connectivity index (χ4v) is 4.27. The van der Waals surface area contributed by atoms with Crippen LogP contribution >= 0.6 is 11.3 Å². The summed E-state index contributed by atoms with van der Waals surface area (Å²) in [4.78, 5) is 13.2. The molecule has 136 valence electrons. The SMILES string of the molecule is CCOC(=O)c1ccc(C#Cc2ccc3c(c2)C(C)(C)CCC3(C)C)s1. The van der Waals surface area contributed by atoms with E-state index >= 15 is 0 Å². The molecule has 3 rings (SSSR count). The van der Waals surface area contributed by atoms with E-state index in [1.54, 1.807) is 6.07 Å². The van der Waals surface area contributed by atoms with Gasteiger partial charge in [-0.2, -0.15) is 0 Å². The monoisotopic (exact) mass is 366 g/mol. The zero-order chi connectivity index (χ0) is 18.9. The lowest BCUT2D eigenvalue weighted by atomic mass is 9.63. The first kappa shape index (κ1) is 18.7. The van der Waals surface area contributed by atoms with E-state index in [4.69, 9.17) is 4.74 Å². The maximum atomic E-state index is 11.8. The van der Waals surface area contributed by atoms with Crippen LogP contribution in [-0.4, -0.2) is 12.6 Å². The molecule has 0 bridgehead atoms. The van der Waals surface area contributed by atoms with Crippen LogP contribution in [0.15, 0.2) is 30.3 Å². The second-order valence-corrected chi connectivity index (χ2v) is 9.25. The Morgan fingerprint density at radius 3 is 2.42 bits per heavy atom. The van der Waals surface area contributed by atoms with Crippen molar-refractivity contribution in [1.29, 1.82) is 0 Å². The summed E-state index contributed by atoms with van der Waals surface area (Å²) in [6, 6.07) is 10.3. The van der Waals surface area contributed by atoms with Gasteiger partial charge >= 0.3 is 5.97 Å². The average Bonchev–Trinajstić information content (AvgIpc) is 3.07. The van der Waals surface area contributed by atoms with Gasteiger partial charge in [-0.05, 0) is 66.0 Å². The summed E-state index contributed by atoms with van der Waals surface area (Å²) in [5.41, 5.74) is 4.29. The molecule has 1 aliphatic rings. The summed E-state index contributed by atoms with van der Waals surface area (Å²) < 4.78 is 5.03. The van der Waals surface area contributed by atoms with Crippen molar-refractivity contribution in [3.8, 4) is 11.8 Å². The van der Waals surface area contributed by atoms with E-state index < -0.39 is 0 Å². The molecule has 1 heterocycles. The lowest BCUT2D eigenvalue weighted by Gasteiger charge is -2.41. The van der Waals surface area contributed by atoms with Gasteiger partial charge in [0.05, 0.1) is 11.5 Å². The molecule has 0 radical (unpaired) electrons. The smallest absolute Gasteiger partial charge is 0.348 e. The molecule has 0 fully saturated rings. The van der Waals surface area contributed by atoms with Gasteiger partial charge in [-0.25, -0.2) is 4.79 Å². The Bertz CT molecular complexity index is 890. The second-order valence-electron chi connectivity index (χ2n) is 8.16. The number of esters is 1. The van der Waals surface area contributed by atoms with Crippen LogP contribution in [0.3, 0.4) is 0 Å². The number of ether oxygens (including phenoxy) is 1. The van der Waals surface area contributed by atoms with Crippen LogP contribution in [-0.2, 0) is 15.6 Å². The minimum atomic E-state index is -0.275. The quantitative estimate of drug-likeness (QED) is 0.505. The molecule has 1 aromatic carbocycles. The molecule has 1 aromatic heterocycles. The maximum Gasteiger partial charge on any atom is 0.348 e. The third-order valence-corrected chi connectivity index (χ3v) is 6.25. The highest BCUT2D eigenvalue weighted by atomic mass is 32.1. The number of carbonyl (C=O) groups is 1. The zero-order valence-electron chi connectivity index (χ0n) is 16.2. The Morgan fingerprint density at radius 1 is 1.04 bits per heavy atom. The number of thiophene rings is 1. The van der Waals surface area contributed by atoms with Crippen LogP contribution in [0.1, 0.15) is 78.7 Å². The first-order chi connectivity index (χ1) is 12.2. The van der Waals surface area contributed by atoms with Gasteiger partial charge in [-0.3, -0.25) is 0 Å². The third-order valence-electron chi connectivity index (χ3n) is 5.27. The minimum Gasteiger partial charge on any atom is -0.462 e. The van der Waals surface area contributed by atoms with Gasteiger partial charge in [0.1, 0.15) is 4.88 Å². The van der Waals surface area contributed by atoms with Crippen molar-refractivity contribution in [2.75, 3.05) is 6.61 Å². The standard InChI is InChI=1S/C23H26O2S/c1-6-25-21(24)20-12-10-17(26-20)9-7-16-8-11-18-19(15-16)23(4,5)14-13-22(18,2)3/h8,10-12,15H,6,13-14H2,1-5H3. The molecule has 0 N–H and O–H groups in total. The molecular weight excluding hydrogens is 340 g/mol. The van der Waals surface area contributed by atoms with Crippen molar-refractivity contribution >= 4 is 17.3 Å². The van der Waals surface area contributed by atoms with E-state index in [2.05, 4.69) is 57.7 Å². The van der Waals surface area contributed by atoms with Gasteiger partial charge in [0.25, 0.3) is 0 Å². The Balaban J connectivity index is 1.89. The Labute approximate surface area is 160 Å². The highest BCUT2D eigenvalue weighted by Gasteiger charge is 2.36. The molecule has 0 saturated carbocycles. The van der Waals surface area contributed by atoms with Gasteiger partial charge in [0, 0.05) is 5.56 Å². The van der Waals surface area contributed by atoms with Crippen molar-refractivity contribution < 1.29 is 9.53 Å². The second kappa shape index (κ2) is 6.93. The fourth-order valence-electron chi connectivity index (χ4n) is 3.52. The fraction of sp³-hybridized carbons (Fsp3) is 0.435. The maximum absolute atomic E-state index is 11.8. The Morgan fingerprint density at radius 2 is 1.73 bits per heavy atom. The highest BCUT2D eigenvalue weighted by Crippen LogP contribution is 2.45. The predicted octanol–water partition coefficient (Wildman–Crippen LogP) is 5.67. The highest BCUT2D eigenvalue weighted by molar-refractivity contribution is 7.14. The summed E-state index contributed by atoms with van der Waals surface area (Å²) in [7, 11) is 0. The van der Waals surface area contributed by atoms with E-state index in [1.807, 2.05) is 13.0 Å². The Hall–Kier alpha value is -2.05. The number of benzene rings is 1. The molecule has 3 heteroatoms. The summed E-state index contributed by atoms with van der Waals surface area (Å²) in [6.07, 6.45) is 2.40. The minimum absolute atomic E-state index is 0.183.